The summed E-state index contributed by atoms with van der Waals surface area (Å²) in [5.41, 5.74) is 1.40. The van der Waals surface area contributed by atoms with Gasteiger partial charge in [0.15, 0.2) is 0 Å². The summed E-state index contributed by atoms with van der Waals surface area (Å²) in [6, 6.07) is 13.0. The van der Waals surface area contributed by atoms with Gasteiger partial charge in [0.05, 0.1) is 21.7 Å². The van der Waals surface area contributed by atoms with Gasteiger partial charge in [-0.15, -0.1) is 0 Å². The number of carbonyl (C=O) groups is 1. The largest absolute Gasteiger partial charge is 0.325 e. The number of aromatic nitrogens is 3. The van der Waals surface area contributed by atoms with Crippen molar-refractivity contribution < 1.29 is 14.4 Å². The van der Waals surface area contributed by atoms with E-state index in [1.54, 1.807) is 42.7 Å². The summed E-state index contributed by atoms with van der Waals surface area (Å²) in [6.07, 6.45) is 0.929. The number of anilines is 1. The highest BCUT2D eigenvalue weighted by Gasteiger charge is 2.45. The minimum absolute atomic E-state index is 0.109. The van der Waals surface area contributed by atoms with Gasteiger partial charge in [-0.2, -0.15) is 0 Å². The molecule has 4 rings (SSSR count). The van der Waals surface area contributed by atoms with E-state index in [1.807, 2.05) is 0 Å². The highest BCUT2D eigenvalue weighted by atomic mass is 32.2. The summed E-state index contributed by atoms with van der Waals surface area (Å²) in [7, 11) is 0. The van der Waals surface area contributed by atoms with Gasteiger partial charge in [0, 0.05) is 24.2 Å². The number of hydrogen-bond donors (Lipinski definition) is 1. The summed E-state index contributed by atoms with van der Waals surface area (Å²) in [6.45, 7) is 1.41. The number of aromatic amines is 1. The molecule has 0 bridgehead atoms. The Kier molecular flexibility index (Phi) is 4.63. The van der Waals surface area contributed by atoms with Gasteiger partial charge in [0.1, 0.15) is 0 Å². The van der Waals surface area contributed by atoms with Crippen molar-refractivity contribution >= 4 is 29.0 Å². The molecule has 1 amide bonds. The topological polar surface area (TPSA) is 113 Å². The van der Waals surface area contributed by atoms with Crippen molar-refractivity contribution in [1.29, 1.82) is 0 Å². The molecule has 9 nitrogen and oxygen atoms in total. The van der Waals surface area contributed by atoms with Gasteiger partial charge in [0.25, 0.3) is 11.9 Å². The molecule has 1 aromatic heterocycles. The Labute approximate surface area is 169 Å². The fourth-order valence-corrected chi connectivity index (χ4v) is 3.87. The SMILES string of the molecule is CSc1n[n+]2c(c(=O)[nH]1)-c1ccccc1N(C(C)=O)[C@H]2c1cccc([N+](=O)[O-])c1. The van der Waals surface area contributed by atoms with Gasteiger partial charge in [-0.25, -0.2) is 4.90 Å². The van der Waals surface area contributed by atoms with Crippen molar-refractivity contribution in [3.63, 3.8) is 0 Å². The molecule has 3 aromatic rings. The standard InChI is InChI=1S/C19H15N5O4S/c1-11(25)22-15-9-4-3-8-14(15)16-17(26)20-19(29-2)21-23(16)18(22)12-6-5-7-13(10-12)24(27)28/h3-10,18H,1-2H3/p+1/t18-/m1/s1. The molecule has 29 heavy (non-hydrogen) atoms. The van der Waals surface area contributed by atoms with Crippen LogP contribution in [0.1, 0.15) is 18.7 Å². The number of H-pyrrole nitrogens is 1. The number of benzene rings is 2. The normalized spacial score (nSPS) is 14.8. The van der Waals surface area contributed by atoms with E-state index in [1.165, 1.54) is 40.4 Å². The number of nitrogens with zero attached hydrogens (tertiary/aromatic N) is 4. The van der Waals surface area contributed by atoms with Crippen molar-refractivity contribution in [3.05, 3.63) is 74.6 Å². The second kappa shape index (κ2) is 7.13. The molecule has 0 saturated heterocycles. The van der Waals surface area contributed by atoms with Crippen LogP contribution in [0, 0.1) is 10.1 Å². The van der Waals surface area contributed by atoms with Crippen molar-refractivity contribution in [3.8, 4) is 11.3 Å². The number of thioether (sulfide) groups is 1. The molecule has 0 aliphatic carbocycles. The van der Waals surface area contributed by atoms with Gasteiger partial charge in [0.2, 0.25) is 11.1 Å². The number of nitro groups is 1. The monoisotopic (exact) mass is 410 g/mol. The van der Waals surface area contributed by atoms with E-state index < -0.39 is 11.1 Å². The fourth-order valence-electron chi connectivity index (χ4n) is 3.50. The van der Waals surface area contributed by atoms with E-state index in [9.17, 15) is 19.7 Å². The Morgan fingerprint density at radius 3 is 2.72 bits per heavy atom. The summed E-state index contributed by atoms with van der Waals surface area (Å²) in [4.78, 5) is 40.6. The minimum Gasteiger partial charge on any atom is -0.291 e. The number of hydrogen-bond acceptors (Lipinski definition) is 6. The summed E-state index contributed by atoms with van der Waals surface area (Å²) in [5.74, 6) is -0.278. The molecule has 0 radical (unpaired) electrons. The summed E-state index contributed by atoms with van der Waals surface area (Å²) >= 11 is 1.25. The number of nitrogens with one attached hydrogen (secondary N) is 1. The van der Waals surface area contributed by atoms with E-state index in [4.69, 9.17) is 0 Å². The van der Waals surface area contributed by atoms with Crippen LogP contribution in [0.2, 0.25) is 0 Å². The van der Waals surface area contributed by atoms with Crippen LogP contribution in [0.5, 0.6) is 0 Å². The van der Waals surface area contributed by atoms with E-state index in [-0.39, 0.29) is 22.8 Å². The zero-order valence-corrected chi connectivity index (χ0v) is 16.3. The van der Waals surface area contributed by atoms with Crippen molar-refractivity contribution in [2.24, 2.45) is 0 Å². The Morgan fingerprint density at radius 1 is 1.28 bits per heavy atom. The molecule has 1 atom stereocenters. The maximum absolute atomic E-state index is 12.9. The average molecular weight is 410 g/mol. The Balaban J connectivity index is 2.08. The average Bonchev–Trinajstić information content (AvgIpc) is 2.72. The van der Waals surface area contributed by atoms with E-state index >= 15 is 0 Å². The van der Waals surface area contributed by atoms with E-state index in [2.05, 4.69) is 10.1 Å². The first-order chi connectivity index (χ1) is 13.9. The quantitative estimate of drug-likeness (QED) is 0.307. The van der Waals surface area contributed by atoms with Crippen LogP contribution in [-0.2, 0) is 4.79 Å². The molecule has 146 valence electrons. The van der Waals surface area contributed by atoms with Gasteiger partial charge in [-0.05, 0) is 29.1 Å². The van der Waals surface area contributed by atoms with Gasteiger partial charge in [-0.1, -0.05) is 30.0 Å². The molecule has 10 heteroatoms. The molecule has 1 aliphatic heterocycles. The van der Waals surface area contributed by atoms with Crippen LogP contribution in [0.4, 0.5) is 11.4 Å². The van der Waals surface area contributed by atoms with Crippen LogP contribution < -0.4 is 15.1 Å². The highest BCUT2D eigenvalue weighted by Crippen LogP contribution is 2.37. The molecular formula is C19H16N5O4S+. The Hall–Kier alpha value is -3.53. The third-order valence-corrected chi connectivity index (χ3v) is 5.24. The molecule has 1 N–H and O–H groups in total. The molecule has 0 fully saturated rings. The third kappa shape index (κ3) is 3.07. The molecule has 0 saturated carbocycles. The van der Waals surface area contributed by atoms with Gasteiger partial charge < -0.3 is 0 Å². The van der Waals surface area contributed by atoms with E-state index in [0.717, 1.165) is 0 Å². The Bertz CT molecular complexity index is 1210. The lowest BCUT2D eigenvalue weighted by molar-refractivity contribution is -0.763. The van der Waals surface area contributed by atoms with E-state index in [0.29, 0.717) is 22.0 Å². The number of carbonyl (C=O) groups excluding carboxylic acids is 1. The first-order valence-corrected chi connectivity index (χ1v) is 9.88. The second-order valence-electron chi connectivity index (χ2n) is 6.39. The number of nitro benzene ring substituents is 1. The molecular weight excluding hydrogens is 394 g/mol. The minimum atomic E-state index is -0.842. The smallest absolute Gasteiger partial charge is 0.291 e. The first kappa shape index (κ1) is 18.8. The zero-order chi connectivity index (χ0) is 20.7. The number of non-ortho nitro benzene ring substituents is 1. The van der Waals surface area contributed by atoms with Crippen molar-refractivity contribution in [1.82, 2.24) is 10.1 Å². The molecule has 0 unspecified atom stereocenters. The highest BCUT2D eigenvalue weighted by molar-refractivity contribution is 7.98. The maximum Gasteiger partial charge on any atom is 0.325 e. The summed E-state index contributed by atoms with van der Waals surface area (Å²) in [5, 5.41) is 16.2. The number of fused-ring (bicyclic) bond motifs is 3. The van der Waals surface area contributed by atoms with Crippen LogP contribution in [-0.4, -0.2) is 27.2 Å². The van der Waals surface area contributed by atoms with Crippen LogP contribution in [0.3, 0.4) is 0 Å². The molecule has 1 aliphatic rings. The van der Waals surface area contributed by atoms with Crippen LogP contribution in [0.25, 0.3) is 11.3 Å². The lowest BCUT2D eigenvalue weighted by atomic mass is 10.0. The lowest BCUT2D eigenvalue weighted by Gasteiger charge is -2.31. The van der Waals surface area contributed by atoms with Gasteiger partial charge >= 0.3 is 11.3 Å². The van der Waals surface area contributed by atoms with Crippen LogP contribution in [0.15, 0.2) is 58.5 Å². The van der Waals surface area contributed by atoms with Gasteiger partial charge in [-0.3, -0.25) is 24.7 Å². The molecule has 0 spiro atoms. The third-order valence-electron chi connectivity index (χ3n) is 4.67. The number of amides is 1. The predicted molar refractivity (Wildman–Crippen MR) is 107 cm³/mol. The molecule has 2 heterocycles. The van der Waals surface area contributed by atoms with Crippen LogP contribution >= 0.6 is 11.8 Å². The predicted octanol–water partition coefficient (Wildman–Crippen LogP) is 2.27. The van der Waals surface area contributed by atoms with Crippen molar-refractivity contribution in [2.75, 3.05) is 11.2 Å². The number of rotatable bonds is 3. The zero-order valence-electron chi connectivity index (χ0n) is 15.5. The second-order valence-corrected chi connectivity index (χ2v) is 7.18. The fraction of sp³-hybridized carbons (Fsp3) is 0.158. The van der Waals surface area contributed by atoms with Crippen molar-refractivity contribution in [2.45, 2.75) is 18.2 Å². The first-order valence-electron chi connectivity index (χ1n) is 8.66. The Morgan fingerprint density at radius 2 is 2.03 bits per heavy atom. The lowest BCUT2D eigenvalue weighted by Crippen LogP contribution is -2.60. The maximum atomic E-state index is 12.9. The molecule has 2 aromatic carbocycles. The summed E-state index contributed by atoms with van der Waals surface area (Å²) < 4.78 is 1.47. The number of para-hydroxylation sites is 1.